The van der Waals surface area contributed by atoms with Gasteiger partial charge in [0.05, 0.1) is 13.1 Å². The molecule has 0 aromatic carbocycles. The van der Waals surface area contributed by atoms with Crippen LogP contribution < -0.4 is 21.7 Å². The maximum Gasteiger partial charge on any atom is 0.326 e. The lowest BCUT2D eigenvalue weighted by Crippen LogP contribution is -2.41. The molecule has 1 fully saturated rings. The van der Waals surface area contributed by atoms with Crippen molar-refractivity contribution in [2.45, 2.75) is 63.8 Å². The van der Waals surface area contributed by atoms with Crippen LogP contribution >= 0.6 is 0 Å². The number of carboxylic acid groups (broad SMARTS) is 1. The van der Waals surface area contributed by atoms with Crippen LogP contribution in [0.1, 0.15) is 57.8 Å². The van der Waals surface area contributed by atoms with Gasteiger partial charge in [0, 0.05) is 44.0 Å². The number of hydrogen-bond donors (Lipinski definition) is 5. The Morgan fingerprint density at radius 1 is 0.947 bits per heavy atom. The Hall–Kier alpha value is -3.61. The predicted octanol–water partition coefficient (Wildman–Crippen LogP) is -1.00. The van der Waals surface area contributed by atoms with E-state index in [1.807, 2.05) is 0 Å². The molecule has 0 aromatic rings. The Balaban J connectivity index is 1.59. The Morgan fingerprint density at radius 2 is 1.61 bits per heavy atom. The summed E-state index contributed by atoms with van der Waals surface area (Å²) in [7, 11) is 0. The Bertz CT molecular complexity index is 924. The molecule has 0 spiro atoms. The van der Waals surface area contributed by atoms with Gasteiger partial charge in [0.2, 0.25) is 17.7 Å². The molecular formula is C25H37N5O8. The van der Waals surface area contributed by atoms with E-state index in [2.05, 4.69) is 16.0 Å². The Kier molecular flexibility index (Phi) is 12.6. The number of hydrogen-bond acceptors (Lipinski definition) is 8. The van der Waals surface area contributed by atoms with Gasteiger partial charge in [-0.2, -0.15) is 0 Å². The van der Waals surface area contributed by atoms with Gasteiger partial charge in [-0.25, -0.2) is 4.79 Å². The average Bonchev–Trinajstić information content (AvgIpc) is 3.21. The minimum atomic E-state index is -1.19. The number of carbonyl (C=O) groups is 7. The Labute approximate surface area is 220 Å². The van der Waals surface area contributed by atoms with Crippen molar-refractivity contribution in [1.82, 2.24) is 20.9 Å². The summed E-state index contributed by atoms with van der Waals surface area (Å²) in [5, 5.41) is 17.0. The monoisotopic (exact) mass is 535 g/mol. The van der Waals surface area contributed by atoms with Crippen molar-refractivity contribution < 1.29 is 38.7 Å². The van der Waals surface area contributed by atoms with E-state index in [1.165, 1.54) is 17.1 Å². The molecule has 1 atom stereocenters. The molecule has 1 aliphatic heterocycles. The first-order valence-corrected chi connectivity index (χ1v) is 12.9. The van der Waals surface area contributed by atoms with Gasteiger partial charge < -0.3 is 26.8 Å². The lowest BCUT2D eigenvalue weighted by Gasteiger charge is -2.30. The van der Waals surface area contributed by atoms with Gasteiger partial charge in [-0.3, -0.25) is 33.7 Å². The molecule has 0 bridgehead atoms. The van der Waals surface area contributed by atoms with Gasteiger partial charge in [0.15, 0.2) is 5.78 Å². The van der Waals surface area contributed by atoms with Crippen molar-refractivity contribution in [2.24, 2.45) is 17.6 Å². The standard InChI is InChI=1S/C25H37N5O8/c26-13-21(33)28-14-18(31)8-9-20(32)29-19(25(37)38)3-1-2-12-27-24(36)17-6-4-16(5-7-17)15-30-22(34)10-11-23(30)35/h10-11,16-17,19H,1-9,12-15,26H2,(H,27,36)(H,28,33)(H,29,32)(H,37,38). The van der Waals surface area contributed by atoms with Crippen molar-refractivity contribution >= 4 is 41.3 Å². The summed E-state index contributed by atoms with van der Waals surface area (Å²) < 4.78 is 0. The molecule has 5 amide bonds. The molecule has 0 aromatic heterocycles. The van der Waals surface area contributed by atoms with Crippen LogP contribution in [0.25, 0.3) is 0 Å². The minimum Gasteiger partial charge on any atom is -0.480 e. The highest BCUT2D eigenvalue weighted by molar-refractivity contribution is 6.12. The smallest absolute Gasteiger partial charge is 0.326 e. The van der Waals surface area contributed by atoms with Crippen LogP contribution in [0.15, 0.2) is 12.2 Å². The quantitative estimate of drug-likeness (QED) is 0.121. The van der Waals surface area contributed by atoms with Gasteiger partial charge in [-0.1, -0.05) is 0 Å². The topological polar surface area (TPSA) is 205 Å². The molecule has 0 saturated heterocycles. The van der Waals surface area contributed by atoms with Crippen molar-refractivity contribution in [3.8, 4) is 0 Å². The molecule has 2 rings (SSSR count). The molecule has 13 heteroatoms. The zero-order valence-electron chi connectivity index (χ0n) is 21.4. The van der Waals surface area contributed by atoms with Gasteiger partial charge in [-0.15, -0.1) is 0 Å². The average molecular weight is 536 g/mol. The highest BCUT2D eigenvalue weighted by Crippen LogP contribution is 2.30. The maximum atomic E-state index is 12.5. The van der Waals surface area contributed by atoms with E-state index in [4.69, 9.17) is 5.73 Å². The number of rotatable bonds is 16. The second-order valence-corrected chi connectivity index (χ2v) is 9.60. The van der Waals surface area contributed by atoms with E-state index in [0.717, 1.165) is 12.8 Å². The number of aliphatic carboxylic acids is 1. The molecule has 38 heavy (non-hydrogen) atoms. The number of Topliss-reactive ketones (excluding diaryl/α,β-unsaturated/α-hetero) is 1. The first-order valence-electron chi connectivity index (χ1n) is 12.9. The number of nitrogens with zero attached hydrogens (tertiary/aromatic N) is 1. The van der Waals surface area contributed by atoms with Crippen LogP contribution in [-0.4, -0.2) is 83.5 Å². The normalized spacial score (nSPS) is 19.7. The number of amides is 5. The number of carboxylic acids is 1. The number of carbonyl (C=O) groups excluding carboxylic acids is 6. The number of imide groups is 1. The molecule has 6 N–H and O–H groups in total. The van der Waals surface area contributed by atoms with Gasteiger partial charge in [-0.05, 0) is 50.9 Å². The largest absolute Gasteiger partial charge is 0.480 e. The summed E-state index contributed by atoms with van der Waals surface area (Å²) in [6.07, 6.45) is 6.23. The highest BCUT2D eigenvalue weighted by atomic mass is 16.4. The van der Waals surface area contributed by atoms with E-state index >= 15 is 0 Å². The summed E-state index contributed by atoms with van der Waals surface area (Å²) in [6, 6.07) is -1.11. The summed E-state index contributed by atoms with van der Waals surface area (Å²) in [6.45, 7) is 0.273. The van der Waals surface area contributed by atoms with E-state index in [0.29, 0.717) is 38.8 Å². The third-order valence-electron chi connectivity index (χ3n) is 6.71. The van der Waals surface area contributed by atoms with Gasteiger partial charge in [0.25, 0.3) is 11.8 Å². The predicted molar refractivity (Wildman–Crippen MR) is 134 cm³/mol. The highest BCUT2D eigenvalue weighted by Gasteiger charge is 2.31. The van der Waals surface area contributed by atoms with Crippen LogP contribution in [0, 0.1) is 11.8 Å². The van der Waals surface area contributed by atoms with Crippen LogP contribution in [0.4, 0.5) is 0 Å². The lowest BCUT2D eigenvalue weighted by molar-refractivity contribution is -0.142. The van der Waals surface area contributed by atoms with Crippen LogP contribution in [0.5, 0.6) is 0 Å². The molecule has 1 heterocycles. The van der Waals surface area contributed by atoms with Crippen molar-refractivity contribution in [1.29, 1.82) is 0 Å². The van der Waals surface area contributed by atoms with Crippen LogP contribution in [0.3, 0.4) is 0 Å². The minimum absolute atomic E-state index is 0.0613. The summed E-state index contributed by atoms with van der Waals surface area (Å²) in [4.78, 5) is 83.4. The first kappa shape index (κ1) is 30.6. The third kappa shape index (κ3) is 10.4. The van der Waals surface area contributed by atoms with E-state index in [-0.39, 0.29) is 67.7 Å². The molecule has 13 nitrogen and oxygen atoms in total. The second kappa shape index (κ2) is 15.6. The van der Waals surface area contributed by atoms with E-state index in [9.17, 15) is 38.7 Å². The molecule has 2 aliphatic rings. The fraction of sp³-hybridized carbons (Fsp3) is 0.640. The molecule has 1 unspecified atom stereocenters. The fourth-order valence-corrected chi connectivity index (χ4v) is 4.44. The summed E-state index contributed by atoms with van der Waals surface area (Å²) in [5.74, 6) is -3.21. The van der Waals surface area contributed by atoms with Gasteiger partial charge in [0.1, 0.15) is 6.04 Å². The van der Waals surface area contributed by atoms with Crippen LogP contribution in [0.2, 0.25) is 0 Å². The summed E-state index contributed by atoms with van der Waals surface area (Å²) in [5.41, 5.74) is 5.12. The van der Waals surface area contributed by atoms with Crippen LogP contribution in [-0.2, 0) is 33.6 Å². The van der Waals surface area contributed by atoms with Gasteiger partial charge >= 0.3 is 5.97 Å². The molecule has 0 radical (unpaired) electrons. The third-order valence-corrected chi connectivity index (χ3v) is 6.71. The lowest BCUT2D eigenvalue weighted by atomic mass is 9.81. The summed E-state index contributed by atoms with van der Waals surface area (Å²) >= 11 is 0. The second-order valence-electron chi connectivity index (χ2n) is 9.60. The van der Waals surface area contributed by atoms with E-state index in [1.54, 1.807) is 0 Å². The van der Waals surface area contributed by atoms with E-state index < -0.39 is 23.8 Å². The number of ketones is 1. The molecular weight excluding hydrogens is 498 g/mol. The maximum absolute atomic E-state index is 12.5. The number of nitrogens with one attached hydrogen (secondary N) is 3. The first-order chi connectivity index (χ1) is 18.1. The Morgan fingerprint density at radius 3 is 2.21 bits per heavy atom. The molecule has 1 saturated carbocycles. The molecule has 210 valence electrons. The SMILES string of the molecule is NCC(=O)NCC(=O)CCC(=O)NC(CCCCNC(=O)C1CCC(CN2C(=O)C=CC2=O)CC1)C(=O)O. The molecule has 1 aliphatic carbocycles. The zero-order valence-corrected chi connectivity index (χ0v) is 21.4. The van der Waals surface area contributed by atoms with Crippen molar-refractivity contribution in [3.05, 3.63) is 12.2 Å². The van der Waals surface area contributed by atoms with Crippen molar-refractivity contribution in [2.75, 3.05) is 26.2 Å². The number of unbranched alkanes of at least 4 members (excludes halogenated alkanes) is 1. The fourth-order valence-electron chi connectivity index (χ4n) is 4.44. The van der Waals surface area contributed by atoms with Crippen molar-refractivity contribution in [3.63, 3.8) is 0 Å². The zero-order chi connectivity index (χ0) is 28.1. The number of nitrogens with two attached hydrogens (primary N) is 1.